The number of carbonyl (C=O) groups is 1. The average molecular weight is 542 g/mol. The molecule has 38 heavy (non-hydrogen) atoms. The number of benzene rings is 2. The summed E-state index contributed by atoms with van der Waals surface area (Å²) in [5, 5.41) is 2.02. The first-order valence-corrected chi connectivity index (χ1v) is 10.9. The van der Waals surface area contributed by atoms with Crippen LogP contribution in [-0.2, 0) is 4.79 Å². The largest absolute Gasteiger partial charge is 0.435 e. The van der Waals surface area contributed by atoms with Crippen LogP contribution in [0.3, 0.4) is 0 Å². The van der Waals surface area contributed by atoms with Gasteiger partial charge in [0.15, 0.2) is 0 Å². The van der Waals surface area contributed by atoms with E-state index in [0.29, 0.717) is 23.3 Å². The van der Waals surface area contributed by atoms with Gasteiger partial charge in [-0.15, -0.1) is 0 Å². The number of hydrogen-bond acceptors (Lipinski definition) is 8. The Hall–Kier alpha value is -4.49. The maximum atomic E-state index is 12.7. The molecule has 0 atom stereocenters. The summed E-state index contributed by atoms with van der Waals surface area (Å²) in [6, 6.07) is 10.1. The van der Waals surface area contributed by atoms with E-state index in [9.17, 15) is 26.7 Å². The van der Waals surface area contributed by atoms with Crippen LogP contribution >= 0.6 is 0 Å². The maximum absolute atomic E-state index is 12.7. The fourth-order valence-corrected chi connectivity index (χ4v) is 3.24. The highest BCUT2D eigenvalue weighted by Crippen LogP contribution is 2.26. The number of hydrogen-bond donors (Lipinski definition) is 4. The van der Waals surface area contributed by atoms with E-state index in [-0.39, 0.29) is 29.4 Å². The number of carbonyl (C=O) groups excluding carboxylic acids is 1. The number of nitrogens with two attached hydrogens (primary N) is 3. The van der Waals surface area contributed by atoms with Crippen LogP contribution in [0.2, 0.25) is 0 Å². The number of nitrogen functional groups attached to an aromatic ring is 1. The molecule has 2 rings (SSSR count). The van der Waals surface area contributed by atoms with Gasteiger partial charge in [0.2, 0.25) is 6.41 Å². The van der Waals surface area contributed by atoms with E-state index in [2.05, 4.69) is 9.73 Å². The van der Waals surface area contributed by atoms with Crippen molar-refractivity contribution in [2.45, 2.75) is 12.8 Å². The third kappa shape index (κ3) is 8.87. The number of rotatable bonds is 12. The lowest BCUT2D eigenvalue weighted by Gasteiger charge is -2.26. The molecule has 0 aliphatic carbocycles. The molecule has 7 N–H and O–H groups in total. The molecule has 0 saturated carbocycles. The predicted octanol–water partition coefficient (Wildman–Crippen LogP) is 3.14. The zero-order valence-corrected chi connectivity index (χ0v) is 20.5. The first-order chi connectivity index (χ1) is 17.8. The lowest BCUT2D eigenvalue weighted by molar-refractivity contribution is -0.123. The second kappa shape index (κ2) is 13.2. The van der Waals surface area contributed by atoms with Gasteiger partial charge in [-0.1, -0.05) is 0 Å². The van der Waals surface area contributed by atoms with E-state index in [1.165, 1.54) is 24.3 Å². The number of alkyl halides is 5. The van der Waals surface area contributed by atoms with E-state index in [4.69, 9.17) is 17.2 Å². The topological polar surface area (TPSA) is 135 Å². The average Bonchev–Trinajstić information content (AvgIpc) is 2.84. The monoisotopic (exact) mass is 541 g/mol. The summed E-state index contributed by atoms with van der Waals surface area (Å²) in [6.07, 6.45) is -1.54. The predicted molar refractivity (Wildman–Crippen MR) is 137 cm³/mol. The molecule has 0 aliphatic rings. The molecule has 0 aromatic heterocycles. The molecule has 0 fully saturated rings. The van der Waals surface area contributed by atoms with Gasteiger partial charge in [0, 0.05) is 49.0 Å². The fraction of sp³-hybridized carbons (Fsp3) is 0.250. The quantitative estimate of drug-likeness (QED) is 0.107. The third-order valence-corrected chi connectivity index (χ3v) is 5.01. The van der Waals surface area contributed by atoms with Crippen molar-refractivity contribution in [3.63, 3.8) is 0 Å². The Balaban J connectivity index is 2.49. The van der Waals surface area contributed by atoms with E-state index in [0.717, 1.165) is 11.0 Å². The van der Waals surface area contributed by atoms with Gasteiger partial charge in [0.1, 0.15) is 12.3 Å². The minimum Gasteiger partial charge on any atom is -0.435 e. The van der Waals surface area contributed by atoms with Crippen molar-refractivity contribution in [3.8, 4) is 5.75 Å². The summed E-state index contributed by atoms with van der Waals surface area (Å²) < 4.78 is 67.3. The molecule has 0 bridgehead atoms. The Kier molecular flexibility index (Phi) is 10.3. The van der Waals surface area contributed by atoms with Crippen molar-refractivity contribution in [1.29, 1.82) is 0 Å². The summed E-state index contributed by atoms with van der Waals surface area (Å²) in [4.78, 5) is 18.8. The van der Waals surface area contributed by atoms with Gasteiger partial charge >= 0.3 is 12.8 Å². The van der Waals surface area contributed by atoms with Crippen LogP contribution in [0, 0.1) is 0 Å². The first kappa shape index (κ1) is 29.7. The van der Waals surface area contributed by atoms with Crippen molar-refractivity contribution < 1.29 is 31.5 Å². The second-order valence-electron chi connectivity index (χ2n) is 7.88. The molecule has 9 nitrogen and oxygen atoms in total. The standard InChI is InChI=1S/C24H28F5N7O2/c1-33-11-15-9-17(5-8-19(15)30)35(2)12-20(31)21(10-22(32)34-13-24(27,28)29)36(14-37)16-3-6-18(7-4-16)38-23(25)26/h3-11,14,23,34H,12-13,30-32H2,1-2H3/b21-20+,22-10+,33-11?. The summed E-state index contributed by atoms with van der Waals surface area (Å²) in [7, 11) is 3.28. The molecular weight excluding hydrogens is 513 g/mol. The maximum Gasteiger partial charge on any atom is 0.405 e. The summed E-state index contributed by atoms with van der Waals surface area (Å²) in [6.45, 7) is -4.47. The molecular formula is C24H28F5N7O2. The van der Waals surface area contributed by atoms with Gasteiger partial charge in [-0.3, -0.25) is 14.7 Å². The van der Waals surface area contributed by atoms with Crippen molar-refractivity contribution in [1.82, 2.24) is 5.32 Å². The summed E-state index contributed by atoms with van der Waals surface area (Å²) >= 11 is 0. The SMILES string of the molecule is CN=Cc1cc(N(C)C/C(N)=C(/C=C(\N)NCC(F)(F)F)N(C=O)c2ccc(OC(F)F)cc2)ccc1N. The highest BCUT2D eigenvalue weighted by atomic mass is 19.4. The number of allylic oxidation sites excluding steroid dienone is 1. The molecule has 0 aliphatic heterocycles. The van der Waals surface area contributed by atoms with E-state index in [1.54, 1.807) is 43.4 Å². The zero-order valence-electron chi connectivity index (χ0n) is 20.5. The van der Waals surface area contributed by atoms with Gasteiger partial charge in [-0.25, -0.2) is 0 Å². The molecule has 0 radical (unpaired) electrons. The van der Waals surface area contributed by atoms with Gasteiger partial charge in [-0.05, 0) is 42.5 Å². The highest BCUT2D eigenvalue weighted by Gasteiger charge is 2.27. The number of amides is 1. The minimum atomic E-state index is -4.55. The summed E-state index contributed by atoms with van der Waals surface area (Å²) in [5.41, 5.74) is 20.0. The number of nitrogens with one attached hydrogen (secondary N) is 1. The van der Waals surface area contributed by atoms with Crippen LogP contribution in [0.25, 0.3) is 0 Å². The lowest BCUT2D eigenvalue weighted by atomic mass is 10.1. The molecule has 0 spiro atoms. The molecule has 0 heterocycles. The molecule has 2 aromatic carbocycles. The Morgan fingerprint density at radius 1 is 1.13 bits per heavy atom. The minimum absolute atomic E-state index is 0.00191. The molecule has 206 valence electrons. The van der Waals surface area contributed by atoms with Crippen LogP contribution in [0.15, 0.2) is 70.7 Å². The third-order valence-electron chi connectivity index (χ3n) is 5.01. The first-order valence-electron chi connectivity index (χ1n) is 10.9. The number of anilines is 3. The van der Waals surface area contributed by atoms with Gasteiger partial charge in [0.05, 0.1) is 23.8 Å². The van der Waals surface area contributed by atoms with E-state index >= 15 is 0 Å². The Bertz CT molecular complexity index is 1180. The van der Waals surface area contributed by atoms with E-state index in [1.807, 2.05) is 5.32 Å². The number of halogens is 5. The van der Waals surface area contributed by atoms with Crippen LogP contribution < -0.4 is 37.1 Å². The van der Waals surface area contributed by atoms with Crippen LogP contribution in [-0.4, -0.2) is 52.6 Å². The van der Waals surface area contributed by atoms with Gasteiger partial charge in [0.25, 0.3) is 0 Å². The molecule has 2 aromatic rings. The van der Waals surface area contributed by atoms with Gasteiger partial charge in [-0.2, -0.15) is 22.0 Å². The Morgan fingerprint density at radius 2 is 1.76 bits per heavy atom. The number of ether oxygens (including phenoxy) is 1. The summed E-state index contributed by atoms with van der Waals surface area (Å²) in [5.74, 6) is -0.578. The van der Waals surface area contributed by atoms with E-state index < -0.39 is 25.2 Å². The lowest BCUT2D eigenvalue weighted by Crippen LogP contribution is -2.33. The van der Waals surface area contributed by atoms with Crippen molar-refractivity contribution in [3.05, 3.63) is 71.3 Å². The Morgan fingerprint density at radius 3 is 2.32 bits per heavy atom. The smallest absolute Gasteiger partial charge is 0.405 e. The zero-order chi connectivity index (χ0) is 28.5. The normalized spacial score (nSPS) is 12.9. The number of likely N-dealkylation sites (N-methyl/N-ethyl adjacent to an activating group) is 1. The Labute approximate surface area is 216 Å². The van der Waals surface area contributed by atoms with Gasteiger partial charge < -0.3 is 32.2 Å². The molecule has 1 amide bonds. The molecule has 0 unspecified atom stereocenters. The number of aliphatic imine (C=N–C) groups is 1. The fourth-order valence-electron chi connectivity index (χ4n) is 3.24. The van der Waals surface area contributed by atoms with Crippen molar-refractivity contribution in [2.75, 3.05) is 42.7 Å². The second-order valence-corrected chi connectivity index (χ2v) is 7.88. The van der Waals surface area contributed by atoms with Crippen LogP contribution in [0.1, 0.15) is 5.56 Å². The van der Waals surface area contributed by atoms with Crippen LogP contribution in [0.5, 0.6) is 5.75 Å². The molecule has 14 heteroatoms. The highest BCUT2D eigenvalue weighted by molar-refractivity contribution is 5.88. The number of nitrogens with zero attached hydrogens (tertiary/aromatic N) is 3. The van der Waals surface area contributed by atoms with Crippen molar-refractivity contribution in [2.24, 2.45) is 16.5 Å². The van der Waals surface area contributed by atoms with Crippen LogP contribution in [0.4, 0.5) is 39.0 Å². The molecule has 0 saturated heterocycles. The van der Waals surface area contributed by atoms with Crippen molar-refractivity contribution >= 4 is 29.7 Å².